The molecule has 1 N–H and O–H groups in total. The second-order valence-corrected chi connectivity index (χ2v) is 7.80. The van der Waals surface area contributed by atoms with Crippen molar-refractivity contribution < 1.29 is 4.79 Å². The van der Waals surface area contributed by atoms with Gasteiger partial charge in [-0.05, 0) is 31.5 Å². The third-order valence-corrected chi connectivity index (χ3v) is 5.36. The third kappa shape index (κ3) is 4.58. The predicted molar refractivity (Wildman–Crippen MR) is 99.3 cm³/mol. The quantitative estimate of drug-likeness (QED) is 0.924. The molecule has 24 heavy (non-hydrogen) atoms. The van der Waals surface area contributed by atoms with Crippen LogP contribution in [0.4, 0.5) is 4.79 Å². The normalized spacial score (nSPS) is 15.5. The molecule has 0 aliphatic carbocycles. The van der Waals surface area contributed by atoms with E-state index < -0.39 is 0 Å². The fourth-order valence-corrected chi connectivity index (χ4v) is 3.86. The first kappa shape index (κ1) is 17.0. The van der Waals surface area contributed by atoms with E-state index in [9.17, 15) is 4.79 Å². The van der Waals surface area contributed by atoms with Gasteiger partial charge in [0, 0.05) is 42.5 Å². The first-order valence-electron chi connectivity index (χ1n) is 8.46. The number of rotatable bonds is 4. The van der Waals surface area contributed by atoms with Gasteiger partial charge < -0.3 is 10.2 Å². The van der Waals surface area contributed by atoms with Crippen LogP contribution in [-0.4, -0.2) is 42.0 Å². The lowest BCUT2D eigenvalue weighted by Crippen LogP contribution is -2.51. The van der Waals surface area contributed by atoms with Crippen molar-refractivity contribution in [2.24, 2.45) is 0 Å². The van der Waals surface area contributed by atoms with Gasteiger partial charge in [-0.3, -0.25) is 4.90 Å². The zero-order chi connectivity index (χ0) is 16.9. The van der Waals surface area contributed by atoms with E-state index in [0.717, 1.165) is 32.7 Å². The zero-order valence-corrected chi connectivity index (χ0v) is 15.2. The fourth-order valence-electron chi connectivity index (χ4n) is 3.03. The van der Waals surface area contributed by atoms with Gasteiger partial charge in [0.05, 0.1) is 6.54 Å². The highest BCUT2D eigenvalue weighted by atomic mass is 32.1. The van der Waals surface area contributed by atoms with Gasteiger partial charge >= 0.3 is 6.03 Å². The number of carbonyl (C=O) groups is 1. The highest BCUT2D eigenvalue weighted by molar-refractivity contribution is 7.11. The van der Waals surface area contributed by atoms with Gasteiger partial charge in [-0.2, -0.15) is 0 Å². The Morgan fingerprint density at radius 1 is 1.12 bits per heavy atom. The Morgan fingerprint density at radius 3 is 2.58 bits per heavy atom. The lowest BCUT2D eigenvalue weighted by atomic mass is 10.1. The number of piperazine rings is 1. The third-order valence-electron chi connectivity index (χ3n) is 4.36. The summed E-state index contributed by atoms with van der Waals surface area (Å²) in [6, 6.07) is 12.9. The minimum atomic E-state index is 0.0521. The first-order valence-corrected chi connectivity index (χ1v) is 9.28. The summed E-state index contributed by atoms with van der Waals surface area (Å²) >= 11 is 1.74. The molecule has 2 heterocycles. The molecule has 0 radical (unpaired) electrons. The van der Waals surface area contributed by atoms with Gasteiger partial charge in [0.25, 0.3) is 0 Å². The Labute approximate surface area is 148 Å². The Hall–Kier alpha value is -1.85. The standard InChI is InChI=1S/C19H25N3OS/c1-15-4-3-5-17(12-15)14-21-8-10-22(11-9-21)19(23)20-13-18-7-6-16(2)24-18/h3-7,12H,8-11,13-14H2,1-2H3,(H,20,23). The highest BCUT2D eigenvalue weighted by Crippen LogP contribution is 2.15. The molecule has 2 amide bonds. The van der Waals surface area contributed by atoms with Crippen LogP contribution in [0.25, 0.3) is 0 Å². The van der Waals surface area contributed by atoms with Crippen LogP contribution in [0.3, 0.4) is 0 Å². The molecule has 1 aromatic heterocycles. The fraction of sp³-hybridized carbons (Fsp3) is 0.421. The summed E-state index contributed by atoms with van der Waals surface area (Å²) in [5.41, 5.74) is 2.65. The zero-order valence-electron chi connectivity index (χ0n) is 14.4. The number of benzene rings is 1. The van der Waals surface area contributed by atoms with Gasteiger partial charge in [-0.25, -0.2) is 4.79 Å². The van der Waals surface area contributed by atoms with Crippen LogP contribution >= 0.6 is 11.3 Å². The molecule has 1 fully saturated rings. The van der Waals surface area contributed by atoms with Crippen molar-refractivity contribution in [3.63, 3.8) is 0 Å². The van der Waals surface area contributed by atoms with Gasteiger partial charge in [-0.1, -0.05) is 29.8 Å². The maximum Gasteiger partial charge on any atom is 0.317 e. The number of hydrogen-bond donors (Lipinski definition) is 1. The number of amides is 2. The summed E-state index contributed by atoms with van der Waals surface area (Å²) in [6.07, 6.45) is 0. The van der Waals surface area contributed by atoms with E-state index in [0.29, 0.717) is 6.54 Å². The van der Waals surface area contributed by atoms with Crippen LogP contribution in [-0.2, 0) is 13.1 Å². The molecule has 2 aromatic rings. The Balaban J connectivity index is 1.43. The summed E-state index contributed by atoms with van der Waals surface area (Å²) in [6.45, 7) is 9.25. The van der Waals surface area contributed by atoms with Gasteiger partial charge in [-0.15, -0.1) is 11.3 Å². The maximum atomic E-state index is 12.3. The number of thiophene rings is 1. The van der Waals surface area contributed by atoms with Crippen LogP contribution in [0.15, 0.2) is 36.4 Å². The predicted octanol–water partition coefficient (Wildman–Crippen LogP) is 3.39. The lowest BCUT2D eigenvalue weighted by molar-refractivity contribution is 0.135. The van der Waals surface area contributed by atoms with E-state index >= 15 is 0 Å². The van der Waals surface area contributed by atoms with Crippen LogP contribution < -0.4 is 5.32 Å². The summed E-state index contributed by atoms with van der Waals surface area (Å²) in [5.74, 6) is 0. The molecule has 4 nitrogen and oxygen atoms in total. The van der Waals surface area contributed by atoms with Crippen LogP contribution in [0.5, 0.6) is 0 Å². The summed E-state index contributed by atoms with van der Waals surface area (Å²) in [5, 5.41) is 3.03. The first-order chi connectivity index (χ1) is 11.6. The molecule has 1 aliphatic rings. The van der Waals surface area contributed by atoms with Crippen molar-refractivity contribution in [1.29, 1.82) is 0 Å². The molecule has 3 rings (SSSR count). The smallest absolute Gasteiger partial charge is 0.317 e. The van der Waals surface area contributed by atoms with Crippen LogP contribution in [0.2, 0.25) is 0 Å². The van der Waals surface area contributed by atoms with Crippen molar-refractivity contribution in [2.75, 3.05) is 26.2 Å². The maximum absolute atomic E-state index is 12.3. The average molecular weight is 343 g/mol. The topological polar surface area (TPSA) is 35.6 Å². The van der Waals surface area contributed by atoms with Gasteiger partial charge in [0.15, 0.2) is 0 Å². The van der Waals surface area contributed by atoms with E-state index in [1.807, 2.05) is 4.90 Å². The Bertz CT molecular complexity index is 689. The molecule has 128 valence electrons. The molecule has 0 saturated carbocycles. The molecule has 0 unspecified atom stereocenters. The van der Waals surface area contributed by atoms with Crippen molar-refractivity contribution >= 4 is 17.4 Å². The van der Waals surface area contributed by atoms with E-state index in [1.54, 1.807) is 11.3 Å². The monoisotopic (exact) mass is 343 g/mol. The SMILES string of the molecule is Cc1cccc(CN2CCN(C(=O)NCc3ccc(C)s3)CC2)c1. The van der Waals surface area contributed by atoms with E-state index in [2.05, 4.69) is 60.5 Å². The molecule has 0 atom stereocenters. The minimum Gasteiger partial charge on any atom is -0.333 e. The summed E-state index contributed by atoms with van der Waals surface area (Å²) in [4.78, 5) is 19.1. The Kier molecular flexibility index (Phi) is 5.53. The van der Waals surface area contributed by atoms with Crippen molar-refractivity contribution in [3.05, 3.63) is 57.3 Å². The van der Waals surface area contributed by atoms with Crippen molar-refractivity contribution in [3.8, 4) is 0 Å². The van der Waals surface area contributed by atoms with Gasteiger partial charge in [0.1, 0.15) is 0 Å². The molecule has 5 heteroatoms. The lowest BCUT2D eigenvalue weighted by Gasteiger charge is -2.34. The molecule has 1 aliphatic heterocycles. The Morgan fingerprint density at radius 2 is 1.92 bits per heavy atom. The summed E-state index contributed by atoms with van der Waals surface area (Å²) < 4.78 is 0. The minimum absolute atomic E-state index is 0.0521. The number of carbonyl (C=O) groups excluding carboxylic acids is 1. The molecule has 1 aromatic carbocycles. The van der Waals surface area contributed by atoms with Gasteiger partial charge in [0.2, 0.25) is 0 Å². The number of nitrogens with one attached hydrogen (secondary N) is 1. The second-order valence-electron chi connectivity index (χ2n) is 6.42. The number of aryl methyl sites for hydroxylation is 2. The van der Waals surface area contributed by atoms with Crippen molar-refractivity contribution in [2.45, 2.75) is 26.9 Å². The molecule has 0 bridgehead atoms. The molecule has 0 spiro atoms. The second kappa shape index (κ2) is 7.81. The van der Waals surface area contributed by atoms with E-state index in [4.69, 9.17) is 0 Å². The van der Waals surface area contributed by atoms with Crippen LogP contribution in [0.1, 0.15) is 20.9 Å². The highest BCUT2D eigenvalue weighted by Gasteiger charge is 2.20. The van der Waals surface area contributed by atoms with E-state index in [1.165, 1.54) is 20.9 Å². The average Bonchev–Trinajstić information content (AvgIpc) is 2.99. The molecular formula is C19H25N3OS. The van der Waals surface area contributed by atoms with E-state index in [-0.39, 0.29) is 6.03 Å². The molecule has 1 saturated heterocycles. The summed E-state index contributed by atoms with van der Waals surface area (Å²) in [7, 11) is 0. The number of hydrogen-bond acceptors (Lipinski definition) is 3. The van der Waals surface area contributed by atoms with Crippen molar-refractivity contribution in [1.82, 2.24) is 15.1 Å². The molecular weight excluding hydrogens is 318 g/mol. The number of nitrogens with zero attached hydrogens (tertiary/aromatic N) is 2. The largest absolute Gasteiger partial charge is 0.333 e. The van der Waals surface area contributed by atoms with Crippen LogP contribution in [0, 0.1) is 13.8 Å². The number of urea groups is 1.